The summed E-state index contributed by atoms with van der Waals surface area (Å²) >= 11 is 0. The fraction of sp³-hybridized carbons (Fsp3) is 0.613. The highest BCUT2D eigenvalue weighted by molar-refractivity contribution is 7.91. The molecule has 0 unspecified atom stereocenters. The van der Waals surface area contributed by atoms with Crippen molar-refractivity contribution in [2.24, 2.45) is 11.3 Å². The molecular formula is C31H45N5O8S. The van der Waals surface area contributed by atoms with E-state index in [-0.39, 0.29) is 19.1 Å². The SMILES string of the molecule is C=C[C@@H]1C[C@]1(NC(=O)[C@H](CNc1ccc(OC)cc1)NC(=O)[C@@H](NC(=O)OC1CCCC1)C(C)(C)C)C(=O)NS(=O)(=O)C1CC1. The first kappa shape index (κ1) is 34.1. The van der Waals surface area contributed by atoms with Crippen molar-refractivity contribution in [3.05, 3.63) is 36.9 Å². The molecule has 0 spiro atoms. The van der Waals surface area contributed by atoms with Gasteiger partial charge in [0.2, 0.25) is 21.8 Å². The third-order valence-corrected chi connectivity index (χ3v) is 10.3. The van der Waals surface area contributed by atoms with Gasteiger partial charge >= 0.3 is 6.09 Å². The van der Waals surface area contributed by atoms with Gasteiger partial charge in [-0.05, 0) is 74.6 Å². The van der Waals surface area contributed by atoms with Crippen LogP contribution in [0.5, 0.6) is 5.75 Å². The molecule has 3 aliphatic rings. The van der Waals surface area contributed by atoms with Crippen molar-refractivity contribution >= 4 is 39.5 Å². The van der Waals surface area contributed by atoms with Crippen LogP contribution in [-0.2, 0) is 29.1 Å². The van der Waals surface area contributed by atoms with Gasteiger partial charge in [-0.25, -0.2) is 13.2 Å². The molecule has 0 aliphatic heterocycles. The summed E-state index contributed by atoms with van der Waals surface area (Å²) in [5.41, 5.74) is -1.66. The minimum atomic E-state index is -3.87. The van der Waals surface area contributed by atoms with Gasteiger partial charge in [0.25, 0.3) is 5.91 Å². The normalized spacial score (nSPS) is 22.7. The van der Waals surface area contributed by atoms with Crippen molar-refractivity contribution in [3.63, 3.8) is 0 Å². The number of amides is 4. The maximum Gasteiger partial charge on any atom is 0.408 e. The van der Waals surface area contributed by atoms with E-state index >= 15 is 0 Å². The number of ether oxygens (including phenoxy) is 2. The van der Waals surface area contributed by atoms with Gasteiger partial charge in [0.15, 0.2) is 0 Å². The topological polar surface area (TPSA) is 181 Å². The summed E-state index contributed by atoms with van der Waals surface area (Å²) in [5.74, 6) is -2.06. The van der Waals surface area contributed by atoms with Gasteiger partial charge in [-0.2, -0.15) is 0 Å². The number of alkyl carbamates (subject to hydrolysis) is 1. The van der Waals surface area contributed by atoms with Crippen LogP contribution in [0.4, 0.5) is 10.5 Å². The molecule has 4 amide bonds. The molecule has 13 nitrogen and oxygen atoms in total. The molecule has 4 atom stereocenters. The maximum absolute atomic E-state index is 13.8. The lowest BCUT2D eigenvalue weighted by Crippen LogP contribution is -2.62. The monoisotopic (exact) mass is 647 g/mol. The number of carbonyl (C=O) groups is 4. The molecule has 0 radical (unpaired) electrons. The summed E-state index contributed by atoms with van der Waals surface area (Å²) in [6.07, 6.45) is 5.13. The van der Waals surface area contributed by atoms with Crippen molar-refractivity contribution in [1.29, 1.82) is 0 Å². The van der Waals surface area contributed by atoms with Crippen LogP contribution in [0.3, 0.4) is 0 Å². The van der Waals surface area contributed by atoms with Crippen molar-refractivity contribution in [2.75, 3.05) is 19.0 Å². The molecule has 14 heteroatoms. The molecule has 3 saturated carbocycles. The van der Waals surface area contributed by atoms with Gasteiger partial charge in [-0.15, -0.1) is 6.58 Å². The van der Waals surface area contributed by atoms with Gasteiger partial charge in [-0.3, -0.25) is 19.1 Å². The average molecular weight is 648 g/mol. The molecule has 0 bridgehead atoms. The Labute approximate surface area is 264 Å². The Morgan fingerprint density at radius 2 is 1.67 bits per heavy atom. The molecular weight excluding hydrogens is 602 g/mol. The quantitative estimate of drug-likeness (QED) is 0.189. The molecule has 3 aliphatic carbocycles. The predicted molar refractivity (Wildman–Crippen MR) is 168 cm³/mol. The van der Waals surface area contributed by atoms with E-state index in [0.29, 0.717) is 24.3 Å². The molecule has 45 heavy (non-hydrogen) atoms. The van der Waals surface area contributed by atoms with E-state index in [1.165, 1.54) is 13.2 Å². The Kier molecular flexibility index (Phi) is 10.4. The lowest BCUT2D eigenvalue weighted by Gasteiger charge is -2.32. The van der Waals surface area contributed by atoms with Crippen LogP contribution in [0.2, 0.25) is 0 Å². The largest absolute Gasteiger partial charge is 0.497 e. The van der Waals surface area contributed by atoms with Crippen LogP contribution in [-0.4, -0.2) is 74.9 Å². The summed E-state index contributed by atoms with van der Waals surface area (Å²) in [7, 11) is -2.33. The molecule has 0 heterocycles. The summed E-state index contributed by atoms with van der Waals surface area (Å²) in [5, 5.41) is 10.6. The van der Waals surface area contributed by atoms with Crippen molar-refractivity contribution < 1.29 is 37.1 Å². The molecule has 0 saturated heterocycles. The highest BCUT2D eigenvalue weighted by Gasteiger charge is 2.61. The summed E-state index contributed by atoms with van der Waals surface area (Å²) in [4.78, 5) is 53.5. The van der Waals surface area contributed by atoms with E-state index in [0.717, 1.165) is 25.7 Å². The zero-order valence-electron chi connectivity index (χ0n) is 26.3. The van der Waals surface area contributed by atoms with Gasteiger partial charge in [0, 0.05) is 18.2 Å². The molecule has 0 aromatic heterocycles. The number of carbonyl (C=O) groups excluding carboxylic acids is 4. The first-order valence-electron chi connectivity index (χ1n) is 15.3. The molecule has 4 rings (SSSR count). The summed E-state index contributed by atoms with van der Waals surface area (Å²) in [6, 6.07) is 4.63. The van der Waals surface area contributed by atoms with Gasteiger partial charge in [0.05, 0.1) is 12.4 Å². The number of nitrogens with one attached hydrogen (secondary N) is 5. The number of rotatable bonds is 14. The fourth-order valence-electron chi connectivity index (χ4n) is 5.40. The number of anilines is 1. The third-order valence-electron chi connectivity index (χ3n) is 8.45. The van der Waals surface area contributed by atoms with E-state index in [4.69, 9.17) is 9.47 Å². The van der Waals surface area contributed by atoms with Crippen molar-refractivity contribution in [2.45, 2.75) is 94.7 Å². The summed E-state index contributed by atoms with van der Waals surface area (Å²) < 4.78 is 37.9. The number of benzene rings is 1. The van der Waals surface area contributed by atoms with Gasteiger partial charge in [0.1, 0.15) is 29.5 Å². The summed E-state index contributed by atoms with van der Waals surface area (Å²) in [6.45, 7) is 8.95. The van der Waals surface area contributed by atoms with E-state index < -0.39 is 68.0 Å². The van der Waals surface area contributed by atoms with Crippen LogP contribution in [0.25, 0.3) is 0 Å². The third kappa shape index (κ3) is 8.68. The standard InChI is InChI=1S/C31H45N5O8S/c1-6-19-17-31(19,28(39)36-45(41,42)23-15-16-23)35-26(37)24(18-32-20-11-13-21(43-5)14-12-20)33-27(38)25(30(2,3)4)34-29(40)44-22-9-7-8-10-22/h6,11-14,19,22-25,32H,1,7-10,15-18H2,2-5H3,(H,33,38)(H,34,40)(H,35,37)(H,36,39)/t19-,24+,25-,31-/m1/s1. The lowest BCUT2D eigenvalue weighted by molar-refractivity contribution is -0.133. The number of sulfonamides is 1. The molecule has 1 aromatic carbocycles. The zero-order valence-corrected chi connectivity index (χ0v) is 27.1. The Bertz CT molecular complexity index is 1380. The molecule has 1 aromatic rings. The number of hydrogen-bond donors (Lipinski definition) is 5. The second kappa shape index (κ2) is 13.7. The smallest absolute Gasteiger partial charge is 0.408 e. The van der Waals surface area contributed by atoms with Crippen LogP contribution in [0, 0.1) is 11.3 Å². The highest BCUT2D eigenvalue weighted by atomic mass is 32.2. The van der Waals surface area contributed by atoms with E-state index in [1.54, 1.807) is 45.0 Å². The second-order valence-electron chi connectivity index (χ2n) is 13.1. The minimum Gasteiger partial charge on any atom is -0.497 e. The van der Waals surface area contributed by atoms with Crippen molar-refractivity contribution in [3.8, 4) is 5.75 Å². The zero-order chi connectivity index (χ0) is 33.0. The maximum atomic E-state index is 13.8. The first-order valence-corrected chi connectivity index (χ1v) is 16.9. The Morgan fingerprint density at radius 1 is 1.02 bits per heavy atom. The number of hydrogen-bond acceptors (Lipinski definition) is 9. The van der Waals surface area contributed by atoms with E-state index in [1.807, 2.05) is 0 Å². The Balaban J connectivity index is 1.52. The highest BCUT2D eigenvalue weighted by Crippen LogP contribution is 2.45. The van der Waals surface area contributed by atoms with Crippen LogP contribution in [0.15, 0.2) is 36.9 Å². The number of methoxy groups -OCH3 is 1. The van der Waals surface area contributed by atoms with E-state index in [9.17, 15) is 27.6 Å². The minimum absolute atomic E-state index is 0.0931. The lowest BCUT2D eigenvalue weighted by atomic mass is 9.86. The fourth-order valence-corrected chi connectivity index (χ4v) is 6.76. The molecule has 248 valence electrons. The molecule has 5 N–H and O–H groups in total. The second-order valence-corrected chi connectivity index (χ2v) is 15.1. The Hall–Kier alpha value is -3.81. The van der Waals surface area contributed by atoms with Crippen LogP contribution in [0.1, 0.15) is 65.7 Å². The first-order chi connectivity index (χ1) is 21.2. The predicted octanol–water partition coefficient (Wildman–Crippen LogP) is 2.34. The average Bonchev–Trinajstić information content (AvgIpc) is 3.90. The van der Waals surface area contributed by atoms with Crippen LogP contribution < -0.4 is 30.7 Å². The van der Waals surface area contributed by atoms with Gasteiger partial charge in [-0.1, -0.05) is 26.8 Å². The van der Waals surface area contributed by atoms with Crippen molar-refractivity contribution in [1.82, 2.24) is 20.7 Å². The van der Waals surface area contributed by atoms with Gasteiger partial charge < -0.3 is 30.7 Å². The molecule has 3 fully saturated rings. The Morgan fingerprint density at radius 3 is 2.20 bits per heavy atom. The van der Waals surface area contributed by atoms with E-state index in [2.05, 4.69) is 32.6 Å². The van der Waals surface area contributed by atoms with Crippen LogP contribution >= 0.6 is 0 Å².